The van der Waals surface area contributed by atoms with Gasteiger partial charge in [0.05, 0.1) is 4.92 Å². The second-order valence-corrected chi connectivity index (χ2v) is 4.32. The number of rotatable bonds is 7. The van der Waals surface area contributed by atoms with Crippen LogP contribution in [0, 0.1) is 10.1 Å². The quantitative estimate of drug-likeness (QED) is 0.456. The molecule has 2 N–H and O–H groups in total. The van der Waals surface area contributed by atoms with Crippen molar-refractivity contribution in [1.82, 2.24) is 10.6 Å². The molecule has 0 heterocycles. The molecule has 0 aliphatic heterocycles. The molecule has 1 rings (SSSR count). The summed E-state index contributed by atoms with van der Waals surface area (Å²) in [7, 11) is 0. The first-order valence-electron chi connectivity index (χ1n) is 5.99. The summed E-state index contributed by atoms with van der Waals surface area (Å²) < 4.78 is 0. The summed E-state index contributed by atoms with van der Waals surface area (Å²) in [4.78, 5) is 22.1. The normalized spacial score (nSPS) is 10.2. The standard InChI is InChI=1S/C12H16ClN3O3/c1-2-14-6-3-7-15-12(17)10-8-9(13)4-5-11(10)16(18)19/h4-5,8,14H,2-3,6-7H2,1H3,(H,15,17). The van der Waals surface area contributed by atoms with Crippen LogP contribution in [0.25, 0.3) is 0 Å². The fraction of sp³-hybridized carbons (Fsp3) is 0.417. The summed E-state index contributed by atoms with van der Waals surface area (Å²) >= 11 is 5.76. The van der Waals surface area contributed by atoms with Crippen LogP contribution in [0.3, 0.4) is 0 Å². The maximum atomic E-state index is 11.9. The smallest absolute Gasteiger partial charge is 0.282 e. The molecular weight excluding hydrogens is 270 g/mol. The van der Waals surface area contributed by atoms with E-state index in [1.807, 2.05) is 6.92 Å². The third-order valence-corrected chi connectivity index (χ3v) is 2.70. The highest BCUT2D eigenvalue weighted by atomic mass is 35.5. The molecule has 0 aliphatic carbocycles. The van der Waals surface area contributed by atoms with E-state index in [1.165, 1.54) is 18.2 Å². The zero-order chi connectivity index (χ0) is 14.3. The first-order valence-corrected chi connectivity index (χ1v) is 6.37. The lowest BCUT2D eigenvalue weighted by molar-refractivity contribution is -0.385. The Morgan fingerprint density at radius 3 is 2.79 bits per heavy atom. The van der Waals surface area contributed by atoms with Crippen molar-refractivity contribution >= 4 is 23.2 Å². The number of carbonyl (C=O) groups is 1. The summed E-state index contributed by atoms with van der Waals surface area (Å²) in [6.45, 7) is 4.10. The fourth-order valence-corrected chi connectivity index (χ4v) is 1.71. The van der Waals surface area contributed by atoms with Crippen molar-refractivity contribution < 1.29 is 9.72 Å². The largest absolute Gasteiger partial charge is 0.352 e. The third-order valence-electron chi connectivity index (χ3n) is 2.47. The topological polar surface area (TPSA) is 84.3 Å². The molecule has 0 saturated heterocycles. The number of hydrogen-bond acceptors (Lipinski definition) is 4. The molecule has 0 atom stereocenters. The van der Waals surface area contributed by atoms with Crippen LogP contribution in [-0.4, -0.2) is 30.5 Å². The van der Waals surface area contributed by atoms with E-state index >= 15 is 0 Å². The van der Waals surface area contributed by atoms with Crippen molar-refractivity contribution in [3.63, 3.8) is 0 Å². The van der Waals surface area contributed by atoms with Gasteiger partial charge in [0.15, 0.2) is 0 Å². The van der Waals surface area contributed by atoms with E-state index in [-0.39, 0.29) is 11.3 Å². The van der Waals surface area contributed by atoms with Crippen molar-refractivity contribution in [3.8, 4) is 0 Å². The number of nitro benzene ring substituents is 1. The Morgan fingerprint density at radius 1 is 1.42 bits per heavy atom. The van der Waals surface area contributed by atoms with Crippen molar-refractivity contribution in [2.24, 2.45) is 0 Å². The molecule has 0 aromatic heterocycles. The molecule has 104 valence electrons. The van der Waals surface area contributed by atoms with Crippen molar-refractivity contribution in [3.05, 3.63) is 38.9 Å². The Hall–Kier alpha value is -1.66. The monoisotopic (exact) mass is 285 g/mol. The fourth-order valence-electron chi connectivity index (χ4n) is 1.54. The number of halogens is 1. The summed E-state index contributed by atoms with van der Waals surface area (Å²) in [5.74, 6) is -0.481. The van der Waals surface area contributed by atoms with Crippen LogP contribution in [0.2, 0.25) is 5.02 Å². The molecule has 0 unspecified atom stereocenters. The molecule has 0 fully saturated rings. The van der Waals surface area contributed by atoms with Crippen molar-refractivity contribution in [1.29, 1.82) is 0 Å². The van der Waals surface area contributed by atoms with Gasteiger partial charge in [-0.3, -0.25) is 14.9 Å². The summed E-state index contributed by atoms with van der Waals surface area (Å²) in [6, 6.07) is 3.93. The lowest BCUT2D eigenvalue weighted by Crippen LogP contribution is -2.27. The molecule has 0 saturated carbocycles. The van der Waals surface area contributed by atoms with Gasteiger partial charge in [-0.05, 0) is 31.6 Å². The average molecular weight is 286 g/mol. The van der Waals surface area contributed by atoms with Gasteiger partial charge in [0.25, 0.3) is 11.6 Å². The third kappa shape index (κ3) is 4.84. The van der Waals surface area contributed by atoms with Crippen LogP contribution in [0.15, 0.2) is 18.2 Å². The Bertz CT molecular complexity index is 466. The molecule has 6 nitrogen and oxygen atoms in total. The van der Waals surface area contributed by atoms with Crippen LogP contribution in [0.5, 0.6) is 0 Å². The molecule has 1 aromatic carbocycles. The van der Waals surface area contributed by atoms with Gasteiger partial charge in [-0.1, -0.05) is 18.5 Å². The van der Waals surface area contributed by atoms with Gasteiger partial charge in [-0.25, -0.2) is 0 Å². The van der Waals surface area contributed by atoms with E-state index in [2.05, 4.69) is 10.6 Å². The Morgan fingerprint density at radius 2 is 2.16 bits per heavy atom. The Kier molecular flexibility index (Phi) is 6.24. The van der Waals surface area contributed by atoms with Gasteiger partial charge in [0, 0.05) is 17.6 Å². The molecule has 7 heteroatoms. The Balaban J connectivity index is 2.65. The first-order chi connectivity index (χ1) is 9.06. The number of nitro groups is 1. The minimum atomic E-state index is -0.593. The minimum Gasteiger partial charge on any atom is -0.352 e. The lowest BCUT2D eigenvalue weighted by Gasteiger charge is -2.06. The van der Waals surface area contributed by atoms with Crippen LogP contribution < -0.4 is 10.6 Å². The zero-order valence-corrected chi connectivity index (χ0v) is 11.4. The molecular formula is C12H16ClN3O3. The van der Waals surface area contributed by atoms with E-state index in [9.17, 15) is 14.9 Å². The van der Waals surface area contributed by atoms with Gasteiger partial charge in [-0.15, -0.1) is 0 Å². The van der Waals surface area contributed by atoms with Gasteiger partial charge in [0.1, 0.15) is 5.56 Å². The molecule has 0 aliphatic rings. The van der Waals surface area contributed by atoms with E-state index < -0.39 is 10.8 Å². The number of nitrogens with zero attached hydrogens (tertiary/aromatic N) is 1. The first kappa shape index (κ1) is 15.4. The number of amides is 1. The van der Waals surface area contributed by atoms with E-state index in [1.54, 1.807) is 0 Å². The lowest BCUT2D eigenvalue weighted by atomic mass is 10.1. The highest BCUT2D eigenvalue weighted by molar-refractivity contribution is 6.31. The predicted molar refractivity (Wildman–Crippen MR) is 73.6 cm³/mol. The molecule has 1 aromatic rings. The van der Waals surface area contributed by atoms with Crippen molar-refractivity contribution in [2.45, 2.75) is 13.3 Å². The van der Waals surface area contributed by atoms with Crippen LogP contribution in [0.4, 0.5) is 5.69 Å². The number of carbonyl (C=O) groups excluding carboxylic acids is 1. The SMILES string of the molecule is CCNCCCNC(=O)c1cc(Cl)ccc1[N+](=O)[O-]. The van der Waals surface area contributed by atoms with Crippen molar-refractivity contribution in [2.75, 3.05) is 19.6 Å². The summed E-state index contributed by atoms with van der Waals surface area (Å²) in [6.07, 6.45) is 0.758. The second kappa shape index (κ2) is 7.70. The Labute approximate surface area is 116 Å². The zero-order valence-electron chi connectivity index (χ0n) is 10.6. The highest BCUT2D eigenvalue weighted by Crippen LogP contribution is 2.22. The van der Waals surface area contributed by atoms with Crippen LogP contribution in [0.1, 0.15) is 23.7 Å². The van der Waals surface area contributed by atoms with Gasteiger partial charge in [0.2, 0.25) is 0 Å². The average Bonchev–Trinajstić information content (AvgIpc) is 2.37. The van der Waals surface area contributed by atoms with E-state index in [4.69, 9.17) is 11.6 Å². The highest BCUT2D eigenvalue weighted by Gasteiger charge is 2.19. The predicted octanol–water partition coefficient (Wildman–Crippen LogP) is 1.98. The molecule has 1 amide bonds. The van der Waals surface area contributed by atoms with Gasteiger partial charge >= 0.3 is 0 Å². The molecule has 0 bridgehead atoms. The van der Waals surface area contributed by atoms with E-state index in [0.29, 0.717) is 11.6 Å². The summed E-state index contributed by atoms with van der Waals surface area (Å²) in [5, 5.41) is 16.9. The maximum Gasteiger partial charge on any atom is 0.282 e. The molecule has 0 spiro atoms. The van der Waals surface area contributed by atoms with Crippen LogP contribution in [-0.2, 0) is 0 Å². The molecule has 19 heavy (non-hydrogen) atoms. The molecule has 0 radical (unpaired) electrons. The van der Waals surface area contributed by atoms with Gasteiger partial charge in [-0.2, -0.15) is 0 Å². The van der Waals surface area contributed by atoms with E-state index in [0.717, 1.165) is 19.5 Å². The number of nitrogens with one attached hydrogen (secondary N) is 2. The van der Waals surface area contributed by atoms with Crippen LogP contribution >= 0.6 is 11.6 Å². The number of benzene rings is 1. The summed E-state index contributed by atoms with van der Waals surface area (Å²) in [5.41, 5.74) is -0.255. The minimum absolute atomic E-state index is 0.0130. The van der Waals surface area contributed by atoms with Gasteiger partial charge < -0.3 is 10.6 Å². The number of hydrogen-bond donors (Lipinski definition) is 2. The maximum absolute atomic E-state index is 11.9. The second-order valence-electron chi connectivity index (χ2n) is 3.88.